The molecule has 5 heteroatoms. The van der Waals surface area contributed by atoms with Gasteiger partial charge in [-0.2, -0.15) is 0 Å². The summed E-state index contributed by atoms with van der Waals surface area (Å²) in [5.41, 5.74) is 1.79. The number of hydrogen-bond acceptors (Lipinski definition) is 2. The quantitative estimate of drug-likeness (QED) is 0.923. The van der Waals surface area contributed by atoms with Gasteiger partial charge < -0.3 is 15.1 Å². The van der Waals surface area contributed by atoms with Crippen LogP contribution in [0.15, 0.2) is 18.2 Å². The molecule has 2 aliphatic heterocycles. The second-order valence-electron chi connectivity index (χ2n) is 6.52. The van der Waals surface area contributed by atoms with Gasteiger partial charge in [0.25, 0.3) is 0 Å². The van der Waals surface area contributed by atoms with Gasteiger partial charge in [-0.3, -0.25) is 0 Å². The predicted octanol–water partition coefficient (Wildman–Crippen LogP) is 3.60. The van der Waals surface area contributed by atoms with E-state index in [0.717, 1.165) is 31.6 Å². The highest BCUT2D eigenvalue weighted by molar-refractivity contribution is 6.33. The molecule has 0 saturated carbocycles. The topological polar surface area (TPSA) is 35.6 Å². The molecule has 1 aromatic rings. The average molecular weight is 322 g/mol. The second kappa shape index (κ2) is 6.88. The standard InChI is InChI=1S/C17H24ClN3O/c1-13-4-5-15(18)16(10-13)19-17(22)21-9-6-14(12-21)11-20-7-2-3-8-20/h4-5,10,14H,2-3,6-9,11-12H2,1H3,(H,19,22). The van der Waals surface area contributed by atoms with Crippen LogP contribution in [0.2, 0.25) is 5.02 Å². The van der Waals surface area contributed by atoms with E-state index in [2.05, 4.69) is 10.2 Å². The number of carbonyl (C=O) groups is 1. The molecule has 1 unspecified atom stereocenters. The Morgan fingerprint density at radius 1 is 1.32 bits per heavy atom. The summed E-state index contributed by atoms with van der Waals surface area (Å²) in [7, 11) is 0. The number of carbonyl (C=O) groups excluding carboxylic acids is 1. The third-order valence-electron chi connectivity index (χ3n) is 4.65. The van der Waals surface area contributed by atoms with E-state index < -0.39 is 0 Å². The van der Waals surface area contributed by atoms with Gasteiger partial charge in [0, 0.05) is 19.6 Å². The van der Waals surface area contributed by atoms with Gasteiger partial charge in [0.05, 0.1) is 10.7 Å². The number of halogens is 1. The third kappa shape index (κ3) is 3.73. The van der Waals surface area contributed by atoms with E-state index in [4.69, 9.17) is 11.6 Å². The van der Waals surface area contributed by atoms with Crippen LogP contribution in [0.25, 0.3) is 0 Å². The van der Waals surface area contributed by atoms with Crippen LogP contribution in [0.4, 0.5) is 10.5 Å². The zero-order valence-corrected chi connectivity index (χ0v) is 13.9. The number of benzene rings is 1. The van der Waals surface area contributed by atoms with Crippen LogP contribution in [-0.4, -0.2) is 48.6 Å². The zero-order chi connectivity index (χ0) is 15.5. The lowest BCUT2D eigenvalue weighted by atomic mass is 10.1. The monoisotopic (exact) mass is 321 g/mol. The van der Waals surface area contributed by atoms with Crippen molar-refractivity contribution in [3.63, 3.8) is 0 Å². The van der Waals surface area contributed by atoms with Crippen LogP contribution >= 0.6 is 11.6 Å². The first-order valence-corrected chi connectivity index (χ1v) is 8.54. The van der Waals surface area contributed by atoms with Crippen molar-refractivity contribution in [3.8, 4) is 0 Å². The van der Waals surface area contributed by atoms with Gasteiger partial charge in [-0.1, -0.05) is 17.7 Å². The molecule has 1 atom stereocenters. The summed E-state index contributed by atoms with van der Waals surface area (Å²) < 4.78 is 0. The van der Waals surface area contributed by atoms with E-state index in [1.54, 1.807) is 0 Å². The number of nitrogens with one attached hydrogen (secondary N) is 1. The Hall–Kier alpha value is -1.26. The Labute approximate surface area is 137 Å². The molecule has 0 bridgehead atoms. The van der Waals surface area contributed by atoms with Gasteiger partial charge in [-0.15, -0.1) is 0 Å². The second-order valence-corrected chi connectivity index (χ2v) is 6.93. The minimum absolute atomic E-state index is 0.0311. The summed E-state index contributed by atoms with van der Waals surface area (Å²) in [6.07, 6.45) is 3.75. The highest BCUT2D eigenvalue weighted by Gasteiger charge is 2.28. The van der Waals surface area contributed by atoms with Gasteiger partial charge in [-0.05, 0) is 62.9 Å². The number of aryl methyl sites for hydroxylation is 1. The van der Waals surface area contributed by atoms with Crippen molar-refractivity contribution < 1.29 is 4.79 Å². The molecule has 4 nitrogen and oxygen atoms in total. The van der Waals surface area contributed by atoms with E-state index >= 15 is 0 Å². The van der Waals surface area contributed by atoms with E-state index in [1.807, 2.05) is 30.0 Å². The Balaban J connectivity index is 1.53. The molecule has 1 aromatic carbocycles. The summed E-state index contributed by atoms with van der Waals surface area (Å²) in [6, 6.07) is 5.65. The lowest BCUT2D eigenvalue weighted by Crippen LogP contribution is -2.34. The minimum atomic E-state index is -0.0311. The van der Waals surface area contributed by atoms with Gasteiger partial charge in [0.15, 0.2) is 0 Å². The van der Waals surface area contributed by atoms with E-state index in [9.17, 15) is 4.79 Å². The molecule has 0 aliphatic carbocycles. The lowest BCUT2D eigenvalue weighted by Gasteiger charge is -2.21. The molecular formula is C17H24ClN3O. The molecule has 2 saturated heterocycles. The normalized spacial score (nSPS) is 22.3. The maximum Gasteiger partial charge on any atom is 0.321 e. The fourth-order valence-corrected chi connectivity index (χ4v) is 3.59. The highest BCUT2D eigenvalue weighted by Crippen LogP contribution is 2.25. The van der Waals surface area contributed by atoms with Crippen molar-refractivity contribution in [2.45, 2.75) is 26.2 Å². The summed E-state index contributed by atoms with van der Waals surface area (Å²) in [5, 5.41) is 3.54. The molecule has 0 aromatic heterocycles. The first kappa shape index (κ1) is 15.6. The van der Waals surface area contributed by atoms with Gasteiger partial charge in [0.1, 0.15) is 0 Å². The first-order valence-electron chi connectivity index (χ1n) is 8.16. The average Bonchev–Trinajstić information content (AvgIpc) is 3.15. The minimum Gasteiger partial charge on any atom is -0.324 e. The molecule has 2 fully saturated rings. The van der Waals surface area contributed by atoms with Crippen LogP contribution in [0.1, 0.15) is 24.8 Å². The molecule has 2 amide bonds. The summed E-state index contributed by atoms with van der Waals surface area (Å²) in [5.74, 6) is 0.608. The Morgan fingerprint density at radius 3 is 2.86 bits per heavy atom. The van der Waals surface area contributed by atoms with Gasteiger partial charge >= 0.3 is 6.03 Å². The van der Waals surface area contributed by atoms with E-state index in [1.165, 1.54) is 25.9 Å². The number of hydrogen-bond donors (Lipinski definition) is 1. The largest absolute Gasteiger partial charge is 0.324 e. The Morgan fingerprint density at radius 2 is 2.09 bits per heavy atom. The molecule has 3 rings (SSSR count). The van der Waals surface area contributed by atoms with Gasteiger partial charge in [0.2, 0.25) is 0 Å². The number of likely N-dealkylation sites (tertiary alicyclic amines) is 2. The SMILES string of the molecule is Cc1ccc(Cl)c(NC(=O)N2CCC(CN3CCCC3)C2)c1. The van der Waals surface area contributed by atoms with Crippen LogP contribution in [0, 0.1) is 12.8 Å². The number of anilines is 1. The molecule has 0 spiro atoms. The molecule has 2 aliphatic rings. The van der Waals surface area contributed by atoms with Crippen molar-refractivity contribution >= 4 is 23.3 Å². The van der Waals surface area contributed by atoms with Crippen molar-refractivity contribution in [2.75, 3.05) is 38.0 Å². The number of urea groups is 1. The molecule has 22 heavy (non-hydrogen) atoms. The summed E-state index contributed by atoms with van der Waals surface area (Å²) in [6.45, 7) is 7.27. The fraction of sp³-hybridized carbons (Fsp3) is 0.588. The Kier molecular flexibility index (Phi) is 4.89. The summed E-state index contributed by atoms with van der Waals surface area (Å²) >= 11 is 6.15. The van der Waals surface area contributed by atoms with Crippen LogP contribution in [0.3, 0.4) is 0 Å². The number of amides is 2. The molecule has 2 heterocycles. The summed E-state index contributed by atoms with van der Waals surface area (Å²) in [4.78, 5) is 16.9. The molecule has 0 radical (unpaired) electrons. The van der Waals surface area contributed by atoms with Crippen molar-refractivity contribution in [3.05, 3.63) is 28.8 Å². The number of nitrogens with zero attached hydrogens (tertiary/aromatic N) is 2. The molecule has 120 valence electrons. The lowest BCUT2D eigenvalue weighted by molar-refractivity contribution is 0.217. The zero-order valence-electron chi connectivity index (χ0n) is 13.1. The number of rotatable bonds is 3. The third-order valence-corrected chi connectivity index (χ3v) is 4.98. The highest BCUT2D eigenvalue weighted by atomic mass is 35.5. The van der Waals surface area contributed by atoms with Crippen molar-refractivity contribution in [1.82, 2.24) is 9.80 Å². The fourth-order valence-electron chi connectivity index (χ4n) is 3.43. The Bertz CT molecular complexity index is 543. The predicted molar refractivity (Wildman–Crippen MR) is 90.6 cm³/mol. The molecular weight excluding hydrogens is 298 g/mol. The smallest absolute Gasteiger partial charge is 0.321 e. The van der Waals surface area contributed by atoms with Crippen LogP contribution < -0.4 is 5.32 Å². The van der Waals surface area contributed by atoms with Crippen molar-refractivity contribution in [1.29, 1.82) is 0 Å². The van der Waals surface area contributed by atoms with E-state index in [-0.39, 0.29) is 6.03 Å². The maximum atomic E-state index is 12.4. The van der Waals surface area contributed by atoms with Gasteiger partial charge in [-0.25, -0.2) is 4.79 Å². The molecule has 1 N–H and O–H groups in total. The van der Waals surface area contributed by atoms with E-state index in [0.29, 0.717) is 16.6 Å². The maximum absolute atomic E-state index is 12.4. The first-order chi connectivity index (χ1) is 10.6. The van der Waals surface area contributed by atoms with Crippen molar-refractivity contribution in [2.24, 2.45) is 5.92 Å². The van der Waals surface area contributed by atoms with Crippen LogP contribution in [-0.2, 0) is 0 Å². The van der Waals surface area contributed by atoms with Crippen LogP contribution in [0.5, 0.6) is 0 Å².